The van der Waals surface area contributed by atoms with Crippen molar-refractivity contribution in [2.45, 2.75) is 99.9 Å². The molecule has 5 fully saturated rings. The van der Waals surface area contributed by atoms with Gasteiger partial charge >= 0.3 is 0 Å². The van der Waals surface area contributed by atoms with E-state index >= 15 is 0 Å². The summed E-state index contributed by atoms with van der Waals surface area (Å²) in [4.78, 5) is 0. The van der Waals surface area contributed by atoms with Crippen molar-refractivity contribution in [3.8, 4) is 0 Å². The molecule has 3 nitrogen and oxygen atoms in total. The van der Waals surface area contributed by atoms with Crippen molar-refractivity contribution in [1.29, 1.82) is 0 Å². The van der Waals surface area contributed by atoms with Crippen molar-refractivity contribution in [2.24, 2.45) is 17.8 Å². The van der Waals surface area contributed by atoms with Crippen LogP contribution in [0.2, 0.25) is 0 Å². The molecule has 5 aliphatic rings. The van der Waals surface area contributed by atoms with E-state index in [-0.39, 0.29) is 0 Å². The fourth-order valence-corrected chi connectivity index (χ4v) is 8.07. The number of aromatic nitrogens is 3. The monoisotopic (exact) mass is 345 g/mol. The summed E-state index contributed by atoms with van der Waals surface area (Å²) in [5.41, 5.74) is 0.378. The zero-order chi connectivity index (χ0) is 16.1. The van der Waals surface area contributed by atoms with Crippen LogP contribution in [0.4, 0.5) is 0 Å². The molecular formula is C20H31N3S. The molecular weight excluding hydrogens is 314 g/mol. The Morgan fingerprint density at radius 2 is 1.58 bits per heavy atom. The summed E-state index contributed by atoms with van der Waals surface area (Å²) in [7, 11) is 0. The Hall–Kier alpha value is -0.510. The summed E-state index contributed by atoms with van der Waals surface area (Å²) in [6.07, 6.45) is 15.7. The van der Waals surface area contributed by atoms with Crippen LogP contribution in [-0.2, 0) is 12.0 Å². The number of hydrogen-bond acceptors (Lipinski definition) is 3. The van der Waals surface area contributed by atoms with E-state index in [4.69, 9.17) is 10.2 Å². The van der Waals surface area contributed by atoms with Crippen LogP contribution in [0.1, 0.15) is 83.4 Å². The molecule has 1 heterocycles. The number of nitrogens with zero attached hydrogens (tertiary/aromatic N) is 3. The van der Waals surface area contributed by atoms with Crippen LogP contribution in [0.15, 0.2) is 5.16 Å². The topological polar surface area (TPSA) is 30.7 Å². The Bertz CT molecular complexity index is 567. The summed E-state index contributed by atoms with van der Waals surface area (Å²) in [5.74, 6) is 4.30. The molecule has 0 N–H and O–H groups in total. The third-order valence-corrected chi connectivity index (χ3v) is 8.69. The van der Waals surface area contributed by atoms with Crippen LogP contribution in [0, 0.1) is 17.8 Å². The van der Waals surface area contributed by atoms with E-state index in [9.17, 15) is 0 Å². The van der Waals surface area contributed by atoms with E-state index in [0.717, 1.165) is 29.5 Å². The van der Waals surface area contributed by atoms with E-state index in [1.165, 1.54) is 81.6 Å². The summed E-state index contributed by atoms with van der Waals surface area (Å²) in [5, 5.41) is 11.5. The number of rotatable bonds is 4. The second-order valence-corrected chi connectivity index (χ2v) is 10.4. The van der Waals surface area contributed by atoms with Gasteiger partial charge < -0.3 is 4.57 Å². The second-order valence-electron chi connectivity index (χ2n) is 9.13. The first kappa shape index (κ1) is 15.7. The molecule has 4 bridgehead atoms. The molecule has 1 aromatic rings. The van der Waals surface area contributed by atoms with E-state index in [1.807, 2.05) is 11.8 Å². The zero-order valence-corrected chi connectivity index (χ0v) is 15.9. The highest BCUT2D eigenvalue weighted by Crippen LogP contribution is 2.60. The van der Waals surface area contributed by atoms with Crippen molar-refractivity contribution in [2.75, 3.05) is 0 Å². The van der Waals surface area contributed by atoms with Gasteiger partial charge in [-0.05, 0) is 76.0 Å². The van der Waals surface area contributed by atoms with Gasteiger partial charge in [-0.15, -0.1) is 10.2 Å². The molecule has 0 aliphatic heterocycles. The highest BCUT2D eigenvalue weighted by molar-refractivity contribution is 7.99. The number of hydrogen-bond donors (Lipinski definition) is 0. The fraction of sp³-hybridized carbons (Fsp3) is 0.900. The molecule has 0 aromatic carbocycles. The van der Waals surface area contributed by atoms with Gasteiger partial charge in [0.25, 0.3) is 0 Å². The predicted molar refractivity (Wildman–Crippen MR) is 98.3 cm³/mol. The summed E-state index contributed by atoms with van der Waals surface area (Å²) >= 11 is 2.03. The molecule has 0 saturated heterocycles. The molecule has 0 radical (unpaired) electrons. The minimum absolute atomic E-state index is 0.378. The van der Waals surface area contributed by atoms with Crippen molar-refractivity contribution in [1.82, 2.24) is 14.8 Å². The Balaban J connectivity index is 1.44. The fourth-order valence-electron chi connectivity index (χ4n) is 6.77. The largest absolute Gasteiger partial charge is 0.306 e. The predicted octanol–water partition coefficient (Wildman–Crippen LogP) is 5.19. The third kappa shape index (κ3) is 2.55. The van der Waals surface area contributed by atoms with Crippen LogP contribution in [-0.4, -0.2) is 20.0 Å². The lowest BCUT2D eigenvalue weighted by Gasteiger charge is -2.56. The molecule has 5 saturated carbocycles. The highest BCUT2D eigenvalue weighted by Gasteiger charge is 2.53. The van der Waals surface area contributed by atoms with E-state index < -0.39 is 0 Å². The van der Waals surface area contributed by atoms with Gasteiger partial charge in [0.2, 0.25) is 0 Å². The minimum atomic E-state index is 0.378. The lowest BCUT2D eigenvalue weighted by Crippen LogP contribution is -2.49. The maximum absolute atomic E-state index is 4.83. The zero-order valence-electron chi connectivity index (χ0n) is 15.0. The third-order valence-electron chi connectivity index (χ3n) is 7.37. The lowest BCUT2D eigenvalue weighted by atomic mass is 9.49. The molecule has 1 aromatic heterocycles. The molecule has 0 amide bonds. The Labute approximate surface area is 150 Å². The molecule has 4 heteroatoms. The van der Waals surface area contributed by atoms with Gasteiger partial charge in [0, 0.05) is 17.2 Å². The molecule has 6 rings (SSSR count). The Morgan fingerprint density at radius 1 is 0.958 bits per heavy atom. The average Bonchev–Trinajstić information content (AvgIpc) is 2.98. The van der Waals surface area contributed by atoms with Crippen LogP contribution < -0.4 is 0 Å². The van der Waals surface area contributed by atoms with Crippen LogP contribution >= 0.6 is 11.8 Å². The maximum atomic E-state index is 4.83. The van der Waals surface area contributed by atoms with Gasteiger partial charge in [0.15, 0.2) is 5.16 Å². The first-order valence-corrected chi connectivity index (χ1v) is 11.2. The van der Waals surface area contributed by atoms with Crippen molar-refractivity contribution in [3.63, 3.8) is 0 Å². The SMILES string of the molecule is CCn1c(SC2CCCCC2)nnc1C12CC3CC(CC(C3)C1)C2. The quantitative estimate of drug-likeness (QED) is 0.752. The van der Waals surface area contributed by atoms with Crippen molar-refractivity contribution in [3.05, 3.63) is 5.82 Å². The normalized spacial score (nSPS) is 38.8. The first-order valence-electron chi connectivity index (χ1n) is 10.4. The summed E-state index contributed by atoms with van der Waals surface area (Å²) < 4.78 is 2.51. The van der Waals surface area contributed by atoms with E-state index in [2.05, 4.69) is 11.5 Å². The molecule has 0 atom stereocenters. The maximum Gasteiger partial charge on any atom is 0.191 e. The van der Waals surface area contributed by atoms with Gasteiger partial charge in [-0.1, -0.05) is 31.0 Å². The van der Waals surface area contributed by atoms with Crippen molar-refractivity contribution >= 4 is 11.8 Å². The van der Waals surface area contributed by atoms with E-state index in [1.54, 1.807) is 0 Å². The molecule has 0 unspecified atom stereocenters. The number of thioether (sulfide) groups is 1. The van der Waals surface area contributed by atoms with Gasteiger partial charge in [-0.25, -0.2) is 0 Å². The Kier molecular flexibility index (Phi) is 3.95. The van der Waals surface area contributed by atoms with Gasteiger partial charge in [-0.2, -0.15) is 0 Å². The highest BCUT2D eigenvalue weighted by atomic mass is 32.2. The average molecular weight is 346 g/mol. The first-order chi connectivity index (χ1) is 11.8. The molecule has 5 aliphatic carbocycles. The molecule has 132 valence electrons. The van der Waals surface area contributed by atoms with Gasteiger partial charge in [0.1, 0.15) is 5.82 Å². The summed E-state index contributed by atoms with van der Waals surface area (Å²) in [6, 6.07) is 0. The van der Waals surface area contributed by atoms with E-state index in [0.29, 0.717) is 5.41 Å². The lowest BCUT2D eigenvalue weighted by molar-refractivity contribution is -0.0113. The van der Waals surface area contributed by atoms with Gasteiger partial charge in [-0.3, -0.25) is 0 Å². The smallest absolute Gasteiger partial charge is 0.191 e. The molecule has 0 spiro atoms. The van der Waals surface area contributed by atoms with Crippen LogP contribution in [0.5, 0.6) is 0 Å². The van der Waals surface area contributed by atoms with Crippen LogP contribution in [0.3, 0.4) is 0 Å². The van der Waals surface area contributed by atoms with Gasteiger partial charge in [0.05, 0.1) is 0 Å². The molecule has 24 heavy (non-hydrogen) atoms. The van der Waals surface area contributed by atoms with Crippen molar-refractivity contribution < 1.29 is 0 Å². The Morgan fingerprint density at radius 3 is 2.17 bits per heavy atom. The minimum Gasteiger partial charge on any atom is -0.306 e. The standard InChI is InChI=1S/C20H31N3S/c1-2-23-18(21-22-19(23)24-17-6-4-3-5-7-17)20-11-14-8-15(12-20)10-16(9-14)13-20/h14-17H,2-13H2,1H3. The van der Waals surface area contributed by atoms with Crippen LogP contribution in [0.25, 0.3) is 0 Å². The second kappa shape index (κ2) is 6.03. The summed E-state index contributed by atoms with van der Waals surface area (Å²) in [6.45, 7) is 3.33.